The Balaban J connectivity index is 1.38. The van der Waals surface area contributed by atoms with E-state index in [0.717, 1.165) is 29.3 Å². The summed E-state index contributed by atoms with van der Waals surface area (Å²) in [6.07, 6.45) is 3.71. The number of amides is 3. The minimum atomic E-state index is -0.576. The van der Waals surface area contributed by atoms with E-state index in [0.29, 0.717) is 31.1 Å². The zero-order chi connectivity index (χ0) is 20.4. The van der Waals surface area contributed by atoms with Crippen LogP contribution in [0.15, 0.2) is 48.7 Å². The predicted molar refractivity (Wildman–Crippen MR) is 109 cm³/mol. The van der Waals surface area contributed by atoms with Gasteiger partial charge in [-0.2, -0.15) is 0 Å². The van der Waals surface area contributed by atoms with Crippen LogP contribution in [0.3, 0.4) is 0 Å². The number of benzene rings is 2. The molecule has 0 spiro atoms. The molecule has 0 atom stereocenters. The van der Waals surface area contributed by atoms with Crippen LogP contribution in [0, 0.1) is 5.82 Å². The molecule has 3 amide bonds. The topological polar surface area (TPSA) is 91.2 Å². The molecule has 2 heterocycles. The smallest absolute Gasteiger partial charge is 0.312 e. The Morgan fingerprint density at radius 1 is 1.14 bits per heavy atom. The van der Waals surface area contributed by atoms with Crippen molar-refractivity contribution in [1.29, 1.82) is 0 Å². The molecule has 6 nitrogen and oxygen atoms in total. The van der Waals surface area contributed by atoms with Crippen molar-refractivity contribution in [2.45, 2.75) is 25.3 Å². The van der Waals surface area contributed by atoms with E-state index >= 15 is 0 Å². The summed E-state index contributed by atoms with van der Waals surface area (Å²) in [7, 11) is 0. The van der Waals surface area contributed by atoms with E-state index in [1.165, 1.54) is 17.7 Å². The number of nitrogens with two attached hydrogens (primary N) is 1. The largest absolute Gasteiger partial charge is 0.361 e. The Labute approximate surface area is 167 Å². The Hall–Kier alpha value is -3.35. The second-order valence-corrected chi connectivity index (χ2v) is 7.42. The lowest BCUT2D eigenvalue weighted by Gasteiger charge is -2.32. The zero-order valence-electron chi connectivity index (χ0n) is 16.0. The van der Waals surface area contributed by atoms with Crippen molar-refractivity contribution in [3.05, 3.63) is 71.2 Å². The minimum Gasteiger partial charge on any atom is -0.361 e. The Morgan fingerprint density at radius 3 is 2.55 bits per heavy atom. The number of carbonyl (C=O) groups is 2. The number of hydrogen-bond donors (Lipinski definition) is 3. The lowest BCUT2D eigenvalue weighted by molar-refractivity contribution is 0.0713. The average Bonchev–Trinajstić information content (AvgIpc) is 3.15. The van der Waals surface area contributed by atoms with Gasteiger partial charge in [0.2, 0.25) is 0 Å². The molecular formula is C22H23FN4O2. The fraction of sp³-hybridized carbons (Fsp3) is 0.273. The van der Waals surface area contributed by atoms with Crippen molar-refractivity contribution in [3.8, 4) is 0 Å². The molecule has 4 rings (SSSR count). The summed E-state index contributed by atoms with van der Waals surface area (Å²) in [4.78, 5) is 28.6. The number of nitrogens with zero attached hydrogens (tertiary/aromatic N) is 1. The number of carbonyl (C=O) groups excluding carboxylic acids is 2. The summed E-state index contributed by atoms with van der Waals surface area (Å²) >= 11 is 0. The minimum absolute atomic E-state index is 0.0128. The van der Waals surface area contributed by atoms with Crippen LogP contribution in [0.25, 0.3) is 10.9 Å². The summed E-state index contributed by atoms with van der Waals surface area (Å²) in [6, 6.07) is 11.4. The number of fused-ring (bicyclic) bond motifs is 1. The summed E-state index contributed by atoms with van der Waals surface area (Å²) in [5, 5.41) is 3.58. The molecule has 29 heavy (non-hydrogen) atoms. The second-order valence-electron chi connectivity index (χ2n) is 7.42. The first-order valence-electron chi connectivity index (χ1n) is 9.69. The summed E-state index contributed by atoms with van der Waals surface area (Å²) < 4.78 is 13.4. The van der Waals surface area contributed by atoms with Gasteiger partial charge in [-0.15, -0.1) is 0 Å². The van der Waals surface area contributed by atoms with E-state index in [2.05, 4.69) is 10.3 Å². The van der Waals surface area contributed by atoms with Gasteiger partial charge in [0, 0.05) is 42.3 Å². The number of aromatic nitrogens is 1. The highest BCUT2D eigenvalue weighted by Crippen LogP contribution is 2.33. The van der Waals surface area contributed by atoms with Gasteiger partial charge < -0.3 is 20.9 Å². The van der Waals surface area contributed by atoms with Crippen molar-refractivity contribution in [1.82, 2.24) is 15.2 Å². The normalized spacial score (nSPS) is 14.9. The van der Waals surface area contributed by atoms with Crippen LogP contribution >= 0.6 is 0 Å². The molecule has 1 aliphatic heterocycles. The van der Waals surface area contributed by atoms with E-state index in [9.17, 15) is 14.0 Å². The third-order valence-electron chi connectivity index (χ3n) is 5.57. The molecule has 0 saturated carbocycles. The quantitative estimate of drug-likeness (QED) is 0.632. The zero-order valence-corrected chi connectivity index (χ0v) is 16.0. The predicted octanol–water partition coefficient (Wildman–Crippen LogP) is 3.50. The van der Waals surface area contributed by atoms with Gasteiger partial charge in [0.05, 0.1) is 0 Å². The molecule has 1 saturated heterocycles. The lowest BCUT2D eigenvalue weighted by atomic mass is 9.89. The van der Waals surface area contributed by atoms with E-state index in [-0.39, 0.29) is 11.7 Å². The monoisotopic (exact) mass is 394 g/mol. The summed E-state index contributed by atoms with van der Waals surface area (Å²) in [5.41, 5.74) is 8.59. The first kappa shape index (κ1) is 19.0. The third-order valence-corrected chi connectivity index (χ3v) is 5.57. The molecule has 1 aromatic heterocycles. The van der Waals surface area contributed by atoms with Gasteiger partial charge in [0.1, 0.15) is 5.82 Å². The second kappa shape index (κ2) is 7.95. The molecule has 1 aliphatic rings. The number of H-pyrrole nitrogens is 1. The van der Waals surface area contributed by atoms with Gasteiger partial charge in [-0.05, 0) is 60.2 Å². The maximum Gasteiger partial charge on any atom is 0.312 e. The molecule has 2 aromatic carbocycles. The standard InChI is InChI=1S/C22H23FN4O2/c23-17-5-6-18-19(13-25-20(18)11-17)15-7-9-27(10-8-15)21(28)16-3-1-14(2-4-16)12-26-22(24)29/h1-6,11,13,15,25H,7-10,12H2,(H3,24,26,29). The molecule has 0 aliphatic carbocycles. The van der Waals surface area contributed by atoms with Crippen molar-refractivity contribution >= 4 is 22.8 Å². The summed E-state index contributed by atoms with van der Waals surface area (Å²) in [6.45, 7) is 1.70. The Morgan fingerprint density at radius 2 is 1.86 bits per heavy atom. The maximum absolute atomic E-state index is 13.4. The van der Waals surface area contributed by atoms with Gasteiger partial charge in [-0.3, -0.25) is 4.79 Å². The third kappa shape index (κ3) is 4.08. The van der Waals surface area contributed by atoms with E-state index in [1.807, 2.05) is 29.3 Å². The van der Waals surface area contributed by atoms with E-state index in [1.54, 1.807) is 12.1 Å². The van der Waals surface area contributed by atoms with E-state index < -0.39 is 6.03 Å². The Bertz CT molecular complexity index is 1040. The molecule has 0 unspecified atom stereocenters. The molecule has 3 aromatic rings. The number of halogens is 1. The van der Waals surface area contributed by atoms with Crippen LogP contribution in [-0.2, 0) is 6.54 Å². The highest BCUT2D eigenvalue weighted by molar-refractivity contribution is 5.94. The highest BCUT2D eigenvalue weighted by atomic mass is 19.1. The van der Waals surface area contributed by atoms with Crippen LogP contribution < -0.4 is 11.1 Å². The number of rotatable bonds is 4. The van der Waals surface area contributed by atoms with E-state index in [4.69, 9.17) is 5.73 Å². The molecule has 150 valence electrons. The van der Waals surface area contributed by atoms with Gasteiger partial charge in [-0.1, -0.05) is 12.1 Å². The number of likely N-dealkylation sites (tertiary alicyclic amines) is 1. The Kier molecular flexibility index (Phi) is 5.20. The number of urea groups is 1. The summed E-state index contributed by atoms with van der Waals surface area (Å²) in [5.74, 6) is 0.113. The van der Waals surface area contributed by atoms with Gasteiger partial charge in [0.15, 0.2) is 0 Å². The fourth-order valence-electron chi connectivity index (χ4n) is 3.99. The molecule has 1 fully saturated rings. The molecule has 7 heteroatoms. The molecule has 0 radical (unpaired) electrons. The van der Waals surface area contributed by atoms with Crippen LogP contribution in [0.2, 0.25) is 0 Å². The van der Waals surface area contributed by atoms with Crippen molar-refractivity contribution in [2.75, 3.05) is 13.1 Å². The highest BCUT2D eigenvalue weighted by Gasteiger charge is 2.26. The first-order valence-corrected chi connectivity index (χ1v) is 9.69. The molecule has 0 bridgehead atoms. The fourth-order valence-corrected chi connectivity index (χ4v) is 3.99. The average molecular weight is 394 g/mol. The van der Waals surface area contributed by atoms with Crippen molar-refractivity contribution in [2.24, 2.45) is 5.73 Å². The van der Waals surface area contributed by atoms with Crippen LogP contribution in [0.4, 0.5) is 9.18 Å². The lowest BCUT2D eigenvalue weighted by Crippen LogP contribution is -2.37. The number of piperidine rings is 1. The van der Waals surface area contributed by atoms with Crippen LogP contribution in [0.1, 0.15) is 40.2 Å². The van der Waals surface area contributed by atoms with Crippen LogP contribution in [0.5, 0.6) is 0 Å². The van der Waals surface area contributed by atoms with Gasteiger partial charge >= 0.3 is 6.03 Å². The maximum atomic E-state index is 13.4. The number of aromatic amines is 1. The molecular weight excluding hydrogens is 371 g/mol. The number of nitrogens with one attached hydrogen (secondary N) is 2. The van der Waals surface area contributed by atoms with Crippen molar-refractivity contribution in [3.63, 3.8) is 0 Å². The first-order chi connectivity index (χ1) is 14.0. The van der Waals surface area contributed by atoms with Gasteiger partial charge in [-0.25, -0.2) is 9.18 Å². The molecule has 4 N–H and O–H groups in total. The van der Waals surface area contributed by atoms with Crippen molar-refractivity contribution < 1.29 is 14.0 Å². The SMILES string of the molecule is NC(=O)NCc1ccc(C(=O)N2CCC(c3c[nH]c4cc(F)ccc34)CC2)cc1. The number of primary amides is 1. The van der Waals surface area contributed by atoms with Gasteiger partial charge in [0.25, 0.3) is 5.91 Å². The number of hydrogen-bond acceptors (Lipinski definition) is 2. The van der Waals surface area contributed by atoms with Crippen LogP contribution in [-0.4, -0.2) is 34.9 Å².